The second-order valence-corrected chi connectivity index (χ2v) is 2.81. The standard InChI is InChI=1S/C8H3N5O2/c14-6-1-4-8(13-15-6)12-5-2-9-3-10-7(5)11-4/h1-3H. The number of aromatic nitrogens is 5. The van der Waals surface area contributed by atoms with Gasteiger partial charge in [-0.1, -0.05) is 5.16 Å². The molecule has 3 rings (SSSR count). The van der Waals surface area contributed by atoms with E-state index in [1.807, 2.05) is 0 Å². The quantitative estimate of drug-likeness (QED) is 0.469. The lowest BCUT2D eigenvalue weighted by Gasteiger charge is -1.95. The molecule has 0 atom stereocenters. The minimum atomic E-state index is -0.565. The minimum absolute atomic E-state index is 0.261. The Morgan fingerprint density at radius 3 is 2.93 bits per heavy atom. The molecule has 0 bridgehead atoms. The summed E-state index contributed by atoms with van der Waals surface area (Å²) < 4.78 is 4.44. The molecule has 3 aromatic rings. The van der Waals surface area contributed by atoms with E-state index in [1.54, 1.807) is 0 Å². The fourth-order valence-electron chi connectivity index (χ4n) is 1.21. The van der Waals surface area contributed by atoms with Gasteiger partial charge in [-0.05, 0) is 0 Å². The molecule has 0 radical (unpaired) electrons. The molecule has 0 saturated carbocycles. The van der Waals surface area contributed by atoms with Gasteiger partial charge in [-0.25, -0.2) is 24.7 Å². The highest BCUT2D eigenvalue weighted by Crippen LogP contribution is 2.08. The van der Waals surface area contributed by atoms with Crippen LogP contribution in [-0.4, -0.2) is 25.1 Å². The summed E-state index contributed by atoms with van der Waals surface area (Å²) in [6.45, 7) is 0. The molecule has 0 aliphatic heterocycles. The van der Waals surface area contributed by atoms with E-state index in [0.717, 1.165) is 0 Å². The maximum Gasteiger partial charge on any atom is 0.360 e. The number of rotatable bonds is 0. The van der Waals surface area contributed by atoms with E-state index >= 15 is 0 Å². The zero-order valence-corrected chi connectivity index (χ0v) is 7.28. The van der Waals surface area contributed by atoms with Crippen molar-refractivity contribution < 1.29 is 4.52 Å². The summed E-state index contributed by atoms with van der Waals surface area (Å²) in [4.78, 5) is 26.8. The summed E-state index contributed by atoms with van der Waals surface area (Å²) in [5.74, 6) is 0. The average Bonchev–Trinajstić information content (AvgIpc) is 2.26. The highest BCUT2D eigenvalue weighted by molar-refractivity contribution is 5.80. The van der Waals surface area contributed by atoms with Crippen molar-refractivity contribution in [2.75, 3.05) is 0 Å². The van der Waals surface area contributed by atoms with Crippen molar-refractivity contribution >= 4 is 22.3 Å². The number of hydrogen-bond donors (Lipinski definition) is 0. The van der Waals surface area contributed by atoms with Gasteiger partial charge >= 0.3 is 5.63 Å². The largest absolute Gasteiger partial charge is 0.360 e. The molecule has 0 aliphatic rings. The third-order valence-electron chi connectivity index (χ3n) is 1.83. The molecule has 3 aromatic heterocycles. The Hall–Kier alpha value is -2.44. The van der Waals surface area contributed by atoms with Crippen molar-refractivity contribution in [3.8, 4) is 0 Å². The van der Waals surface area contributed by atoms with Gasteiger partial charge in [0.15, 0.2) is 5.65 Å². The lowest BCUT2D eigenvalue weighted by molar-refractivity contribution is 0.380. The second-order valence-electron chi connectivity index (χ2n) is 2.81. The van der Waals surface area contributed by atoms with E-state index < -0.39 is 5.63 Å². The first kappa shape index (κ1) is 7.92. The molecule has 0 unspecified atom stereocenters. The summed E-state index contributed by atoms with van der Waals surface area (Å²) in [6.07, 6.45) is 2.88. The van der Waals surface area contributed by atoms with Gasteiger partial charge in [-0.15, -0.1) is 0 Å². The molecular weight excluding hydrogens is 198 g/mol. The van der Waals surface area contributed by atoms with Crippen molar-refractivity contribution in [3.63, 3.8) is 0 Å². The summed E-state index contributed by atoms with van der Waals surface area (Å²) in [6, 6.07) is 1.22. The highest BCUT2D eigenvalue weighted by atomic mass is 16.5. The Morgan fingerprint density at radius 1 is 1.13 bits per heavy atom. The molecule has 0 aliphatic carbocycles. The second kappa shape index (κ2) is 2.77. The van der Waals surface area contributed by atoms with Gasteiger partial charge in [0.1, 0.15) is 17.4 Å². The van der Waals surface area contributed by atoms with Crippen LogP contribution in [0, 0.1) is 0 Å². The van der Waals surface area contributed by atoms with Crippen molar-refractivity contribution in [1.29, 1.82) is 0 Å². The van der Waals surface area contributed by atoms with Crippen LogP contribution in [0.3, 0.4) is 0 Å². The van der Waals surface area contributed by atoms with Gasteiger partial charge in [0, 0.05) is 0 Å². The zero-order valence-electron chi connectivity index (χ0n) is 7.28. The van der Waals surface area contributed by atoms with Gasteiger partial charge in [0.05, 0.1) is 12.3 Å². The van der Waals surface area contributed by atoms with Crippen molar-refractivity contribution in [2.24, 2.45) is 0 Å². The lowest BCUT2D eigenvalue weighted by Crippen LogP contribution is -2.01. The van der Waals surface area contributed by atoms with Gasteiger partial charge in [0.25, 0.3) is 0 Å². The minimum Gasteiger partial charge on any atom is -0.311 e. The van der Waals surface area contributed by atoms with E-state index in [2.05, 4.69) is 29.6 Å². The third-order valence-corrected chi connectivity index (χ3v) is 1.83. The lowest BCUT2D eigenvalue weighted by atomic mass is 10.4. The first-order valence-corrected chi connectivity index (χ1v) is 4.07. The Bertz CT molecular complexity index is 708. The van der Waals surface area contributed by atoms with Crippen LogP contribution in [0.15, 0.2) is 27.9 Å². The van der Waals surface area contributed by atoms with Gasteiger partial charge in [0.2, 0.25) is 5.65 Å². The highest BCUT2D eigenvalue weighted by Gasteiger charge is 2.04. The molecule has 0 aromatic carbocycles. The van der Waals surface area contributed by atoms with Gasteiger partial charge in [-0.2, -0.15) is 0 Å². The van der Waals surface area contributed by atoms with Crippen molar-refractivity contribution in [2.45, 2.75) is 0 Å². The molecular formula is C8H3N5O2. The first-order chi connectivity index (χ1) is 7.33. The third kappa shape index (κ3) is 1.21. The molecule has 0 N–H and O–H groups in total. The molecule has 0 spiro atoms. The van der Waals surface area contributed by atoms with E-state index in [9.17, 15) is 4.79 Å². The van der Waals surface area contributed by atoms with Crippen LogP contribution in [0.4, 0.5) is 0 Å². The van der Waals surface area contributed by atoms with Gasteiger partial charge in [-0.3, -0.25) is 0 Å². The molecule has 3 heterocycles. The van der Waals surface area contributed by atoms with Crippen LogP contribution in [0.25, 0.3) is 22.3 Å². The van der Waals surface area contributed by atoms with E-state index in [4.69, 9.17) is 0 Å². The summed E-state index contributed by atoms with van der Waals surface area (Å²) >= 11 is 0. The Kier molecular flexibility index (Phi) is 1.46. The predicted octanol–water partition coefficient (Wildman–Crippen LogP) is -0.0788. The molecule has 0 saturated heterocycles. The fraction of sp³-hybridized carbons (Fsp3) is 0. The summed E-state index contributed by atoms with van der Waals surface area (Å²) in [5, 5.41) is 3.51. The van der Waals surface area contributed by atoms with Crippen LogP contribution >= 0.6 is 0 Å². The number of fused-ring (bicyclic) bond motifs is 2. The molecule has 72 valence electrons. The van der Waals surface area contributed by atoms with Crippen LogP contribution < -0.4 is 5.63 Å². The SMILES string of the molecule is O=c1cc2nc3ncncc3nc2no1. The molecule has 7 nitrogen and oxygen atoms in total. The first-order valence-electron chi connectivity index (χ1n) is 4.07. The Labute approximate surface area is 81.8 Å². The average molecular weight is 201 g/mol. The van der Waals surface area contributed by atoms with Crippen molar-refractivity contribution in [3.05, 3.63) is 29.0 Å². The maximum absolute atomic E-state index is 10.9. The van der Waals surface area contributed by atoms with E-state index in [1.165, 1.54) is 18.6 Å². The zero-order chi connectivity index (χ0) is 10.3. The van der Waals surface area contributed by atoms with Crippen LogP contribution in [0.1, 0.15) is 0 Å². The fourth-order valence-corrected chi connectivity index (χ4v) is 1.21. The summed E-state index contributed by atoms with van der Waals surface area (Å²) in [5.41, 5.74) is 0.982. The van der Waals surface area contributed by atoms with E-state index in [-0.39, 0.29) is 5.65 Å². The molecule has 0 amide bonds. The maximum atomic E-state index is 10.9. The van der Waals surface area contributed by atoms with Gasteiger partial charge < -0.3 is 4.52 Å². The topological polar surface area (TPSA) is 94.7 Å². The van der Waals surface area contributed by atoms with Crippen LogP contribution in [0.5, 0.6) is 0 Å². The Balaban J connectivity index is 2.53. The van der Waals surface area contributed by atoms with E-state index in [0.29, 0.717) is 16.7 Å². The molecule has 0 fully saturated rings. The number of hydrogen-bond acceptors (Lipinski definition) is 7. The van der Waals surface area contributed by atoms with Crippen molar-refractivity contribution in [1.82, 2.24) is 25.1 Å². The monoisotopic (exact) mass is 201 g/mol. The normalized spacial score (nSPS) is 10.9. The van der Waals surface area contributed by atoms with Crippen LogP contribution in [0.2, 0.25) is 0 Å². The molecule has 15 heavy (non-hydrogen) atoms. The Morgan fingerprint density at radius 2 is 2.00 bits per heavy atom. The molecule has 7 heteroatoms. The predicted molar refractivity (Wildman–Crippen MR) is 49.0 cm³/mol. The smallest absolute Gasteiger partial charge is 0.311 e. The van der Waals surface area contributed by atoms with Crippen LogP contribution in [-0.2, 0) is 0 Å². The summed E-state index contributed by atoms with van der Waals surface area (Å²) in [7, 11) is 0. The number of nitrogens with zero attached hydrogens (tertiary/aromatic N) is 5.